The van der Waals surface area contributed by atoms with Gasteiger partial charge in [-0.15, -0.1) is 11.6 Å². The van der Waals surface area contributed by atoms with Gasteiger partial charge in [-0.25, -0.2) is 0 Å². The molecule has 3 heteroatoms. The minimum absolute atomic E-state index is 0.0899. The molecule has 1 unspecified atom stereocenters. The Morgan fingerprint density at radius 2 is 1.93 bits per heavy atom. The van der Waals surface area contributed by atoms with E-state index < -0.39 is 10.8 Å². The molecule has 0 amide bonds. The van der Waals surface area contributed by atoms with Crippen molar-refractivity contribution in [1.82, 2.24) is 0 Å². The molecule has 0 N–H and O–H groups in total. The molecule has 2 rings (SSSR count). The maximum atomic E-state index is 12.2. The minimum atomic E-state index is -0.929. The fourth-order valence-corrected chi connectivity index (χ4v) is 4.07. The van der Waals surface area contributed by atoms with E-state index in [9.17, 15) is 4.21 Å². The van der Waals surface area contributed by atoms with Gasteiger partial charge in [0.1, 0.15) is 0 Å². The Labute approximate surface area is 98.3 Å². The zero-order chi connectivity index (χ0) is 10.8. The maximum absolute atomic E-state index is 12.2. The van der Waals surface area contributed by atoms with Crippen LogP contribution in [0, 0.1) is 6.92 Å². The van der Waals surface area contributed by atoms with Crippen LogP contribution in [-0.4, -0.2) is 14.8 Å². The first kappa shape index (κ1) is 11.2. The van der Waals surface area contributed by atoms with E-state index in [4.69, 9.17) is 11.6 Å². The van der Waals surface area contributed by atoms with Crippen molar-refractivity contribution >= 4 is 22.4 Å². The number of aryl methyl sites for hydroxylation is 1. The lowest BCUT2D eigenvalue weighted by molar-refractivity contribution is 0.670. The van der Waals surface area contributed by atoms with Gasteiger partial charge in [0, 0.05) is 10.3 Å². The summed E-state index contributed by atoms with van der Waals surface area (Å²) in [6.07, 6.45) is 3.11. The van der Waals surface area contributed by atoms with Gasteiger partial charge < -0.3 is 0 Å². The van der Waals surface area contributed by atoms with E-state index in [0.717, 1.165) is 24.2 Å². The highest BCUT2D eigenvalue weighted by Gasteiger charge is 2.30. The first-order valence-corrected chi connectivity index (χ1v) is 6.95. The number of benzene rings is 1. The van der Waals surface area contributed by atoms with E-state index in [2.05, 4.69) is 0 Å². The molecule has 1 aliphatic carbocycles. The summed E-state index contributed by atoms with van der Waals surface area (Å²) in [5, 5.41) is 0.238. The van der Waals surface area contributed by atoms with Gasteiger partial charge in [0.25, 0.3) is 0 Å². The predicted molar refractivity (Wildman–Crippen MR) is 64.9 cm³/mol. The highest BCUT2D eigenvalue weighted by atomic mass is 35.5. The van der Waals surface area contributed by atoms with Crippen LogP contribution >= 0.6 is 11.6 Å². The standard InChI is InChI=1S/C12H15ClOS/c1-9-5-7-10(8-6-9)15(14)12-4-2-3-11(12)13/h5-8,11-12H,2-4H2,1H3/t11-,12-,15?/m1/s1. The summed E-state index contributed by atoms with van der Waals surface area (Å²) in [4.78, 5) is 0.915. The van der Waals surface area contributed by atoms with E-state index >= 15 is 0 Å². The summed E-state index contributed by atoms with van der Waals surface area (Å²) < 4.78 is 12.2. The lowest BCUT2D eigenvalue weighted by Gasteiger charge is -2.13. The van der Waals surface area contributed by atoms with Crippen molar-refractivity contribution in [2.45, 2.75) is 41.7 Å². The summed E-state index contributed by atoms with van der Waals surface area (Å²) in [5.74, 6) is 0. The molecule has 1 aliphatic rings. The van der Waals surface area contributed by atoms with Crippen molar-refractivity contribution < 1.29 is 4.21 Å². The molecule has 15 heavy (non-hydrogen) atoms. The van der Waals surface area contributed by atoms with E-state index in [1.807, 2.05) is 31.2 Å². The van der Waals surface area contributed by atoms with E-state index in [0.29, 0.717) is 0 Å². The van der Waals surface area contributed by atoms with Crippen LogP contribution in [0.25, 0.3) is 0 Å². The summed E-state index contributed by atoms with van der Waals surface area (Å²) in [7, 11) is -0.929. The third kappa shape index (κ3) is 2.43. The number of hydrogen-bond donors (Lipinski definition) is 0. The third-order valence-corrected chi connectivity index (χ3v) is 5.42. The van der Waals surface area contributed by atoms with Crippen molar-refractivity contribution in [2.24, 2.45) is 0 Å². The first-order chi connectivity index (χ1) is 7.18. The highest BCUT2D eigenvalue weighted by Crippen LogP contribution is 2.30. The molecular formula is C12H15ClOS. The van der Waals surface area contributed by atoms with Crippen LogP contribution in [-0.2, 0) is 10.8 Å². The van der Waals surface area contributed by atoms with Gasteiger partial charge in [0.05, 0.1) is 16.0 Å². The number of rotatable bonds is 2. The quantitative estimate of drug-likeness (QED) is 0.728. The largest absolute Gasteiger partial charge is 0.254 e. The Hall–Kier alpha value is -0.340. The van der Waals surface area contributed by atoms with Gasteiger partial charge in [-0.05, 0) is 31.9 Å². The molecule has 3 atom stereocenters. The van der Waals surface area contributed by atoms with Crippen LogP contribution in [0.15, 0.2) is 29.2 Å². The minimum Gasteiger partial charge on any atom is -0.254 e. The molecule has 0 aliphatic heterocycles. The summed E-state index contributed by atoms with van der Waals surface area (Å²) >= 11 is 6.16. The van der Waals surface area contributed by atoms with Crippen molar-refractivity contribution in [1.29, 1.82) is 0 Å². The van der Waals surface area contributed by atoms with Crippen molar-refractivity contribution in [2.75, 3.05) is 0 Å². The first-order valence-electron chi connectivity index (χ1n) is 5.30. The molecule has 1 aromatic rings. The lowest BCUT2D eigenvalue weighted by atomic mass is 10.2. The van der Waals surface area contributed by atoms with Crippen LogP contribution in [0.5, 0.6) is 0 Å². The van der Waals surface area contributed by atoms with Gasteiger partial charge in [-0.1, -0.05) is 24.1 Å². The van der Waals surface area contributed by atoms with Gasteiger partial charge in [-0.3, -0.25) is 4.21 Å². The third-order valence-electron chi connectivity index (χ3n) is 2.90. The molecule has 1 aromatic carbocycles. The predicted octanol–water partition coefficient (Wildman–Crippen LogP) is 3.26. The molecule has 0 saturated heterocycles. The fraction of sp³-hybridized carbons (Fsp3) is 0.500. The Morgan fingerprint density at radius 1 is 1.27 bits per heavy atom. The lowest BCUT2D eigenvalue weighted by Crippen LogP contribution is -2.20. The maximum Gasteiger partial charge on any atom is 0.0575 e. The summed E-state index contributed by atoms with van der Waals surface area (Å²) in [6, 6.07) is 7.91. The zero-order valence-electron chi connectivity index (χ0n) is 8.78. The van der Waals surface area contributed by atoms with Crippen LogP contribution in [0.3, 0.4) is 0 Å². The average molecular weight is 243 g/mol. The molecule has 0 aromatic heterocycles. The van der Waals surface area contributed by atoms with Crippen LogP contribution in [0.2, 0.25) is 0 Å². The Balaban J connectivity index is 2.17. The van der Waals surface area contributed by atoms with E-state index in [1.54, 1.807) is 0 Å². The molecular weight excluding hydrogens is 228 g/mol. The normalized spacial score (nSPS) is 27.9. The molecule has 1 fully saturated rings. The summed E-state index contributed by atoms with van der Waals surface area (Å²) in [6.45, 7) is 2.03. The number of hydrogen-bond acceptors (Lipinski definition) is 1. The molecule has 1 saturated carbocycles. The van der Waals surface area contributed by atoms with E-state index in [-0.39, 0.29) is 10.6 Å². The Morgan fingerprint density at radius 3 is 2.47 bits per heavy atom. The van der Waals surface area contributed by atoms with Crippen LogP contribution < -0.4 is 0 Å². The molecule has 0 heterocycles. The smallest absolute Gasteiger partial charge is 0.0575 e. The summed E-state index contributed by atoms with van der Waals surface area (Å²) in [5.41, 5.74) is 1.20. The average Bonchev–Trinajstić information content (AvgIpc) is 2.65. The van der Waals surface area contributed by atoms with Gasteiger partial charge in [0.15, 0.2) is 0 Å². The van der Waals surface area contributed by atoms with Crippen LogP contribution in [0.1, 0.15) is 24.8 Å². The SMILES string of the molecule is Cc1ccc(S(=O)[C@@H]2CCC[C@H]2Cl)cc1. The van der Waals surface area contributed by atoms with Gasteiger partial charge in [0.2, 0.25) is 0 Å². The Kier molecular flexibility index (Phi) is 3.47. The highest BCUT2D eigenvalue weighted by molar-refractivity contribution is 7.85. The van der Waals surface area contributed by atoms with Crippen molar-refractivity contribution in [3.05, 3.63) is 29.8 Å². The second-order valence-electron chi connectivity index (χ2n) is 4.10. The molecule has 0 radical (unpaired) electrons. The second kappa shape index (κ2) is 4.67. The van der Waals surface area contributed by atoms with Crippen molar-refractivity contribution in [3.63, 3.8) is 0 Å². The molecule has 82 valence electrons. The second-order valence-corrected chi connectivity index (χ2v) is 6.33. The zero-order valence-corrected chi connectivity index (χ0v) is 10.4. The number of halogens is 1. The topological polar surface area (TPSA) is 17.1 Å². The van der Waals surface area contributed by atoms with E-state index in [1.165, 1.54) is 5.56 Å². The number of alkyl halides is 1. The van der Waals surface area contributed by atoms with Gasteiger partial charge >= 0.3 is 0 Å². The monoisotopic (exact) mass is 242 g/mol. The molecule has 0 bridgehead atoms. The Bertz CT molecular complexity index is 360. The van der Waals surface area contributed by atoms with Crippen LogP contribution in [0.4, 0.5) is 0 Å². The molecule has 1 nitrogen and oxygen atoms in total. The van der Waals surface area contributed by atoms with Crippen molar-refractivity contribution in [3.8, 4) is 0 Å². The fourth-order valence-electron chi connectivity index (χ4n) is 1.97. The van der Waals surface area contributed by atoms with Gasteiger partial charge in [-0.2, -0.15) is 0 Å². The molecule has 0 spiro atoms.